The minimum absolute atomic E-state index is 0.00818. The average molecular weight is 755 g/mol. The topological polar surface area (TPSA) is 108 Å². The number of hydrogen-bond acceptors (Lipinski definition) is 6. The Bertz CT molecular complexity index is 948. The first kappa shape index (κ1) is 50.7. The molecule has 0 rings (SSSR count). The number of phosphoric acid groups is 1. The zero-order valence-electron chi connectivity index (χ0n) is 34.5. The van der Waals surface area contributed by atoms with Gasteiger partial charge >= 0.3 is 0 Å². The van der Waals surface area contributed by atoms with Gasteiger partial charge in [0.1, 0.15) is 13.2 Å². The van der Waals surface area contributed by atoms with E-state index in [0.29, 0.717) is 23.9 Å². The number of unbranched alkanes of at least 4 members (excludes halogenated alkanes) is 19. The van der Waals surface area contributed by atoms with E-state index in [0.717, 1.165) is 64.2 Å². The molecule has 0 aromatic heterocycles. The fourth-order valence-corrected chi connectivity index (χ4v) is 6.65. The third-order valence-electron chi connectivity index (χ3n) is 9.38. The van der Waals surface area contributed by atoms with E-state index in [1.807, 2.05) is 21.1 Å². The van der Waals surface area contributed by atoms with Crippen molar-refractivity contribution in [1.29, 1.82) is 0 Å². The highest BCUT2D eigenvalue weighted by atomic mass is 31.2. The van der Waals surface area contributed by atoms with Crippen LogP contribution in [0.25, 0.3) is 0 Å². The minimum Gasteiger partial charge on any atom is -0.756 e. The van der Waals surface area contributed by atoms with E-state index in [1.165, 1.54) is 89.9 Å². The van der Waals surface area contributed by atoms with Crippen LogP contribution in [0, 0.1) is 0 Å². The van der Waals surface area contributed by atoms with Gasteiger partial charge in [-0.1, -0.05) is 159 Å². The van der Waals surface area contributed by atoms with Crippen LogP contribution in [0.4, 0.5) is 0 Å². The van der Waals surface area contributed by atoms with Crippen molar-refractivity contribution in [1.82, 2.24) is 5.32 Å². The summed E-state index contributed by atoms with van der Waals surface area (Å²) in [5.74, 6) is -0.181. The standard InChI is InChI=1S/C43H83N2O6P/c1-6-8-10-12-14-16-17-18-19-20-21-22-23-24-25-26-27-29-31-33-35-37-43(47)44-41(40-51-52(48,49)50-39-38-45(3,4)5)42(46)36-34-32-30-28-15-13-11-9-7-2/h17-18,20-21,23-24,41-42,46H,6-16,19,22,25-40H2,1-5H3,(H-,44,47,48,49)/b18-17-,21-20-,24-23-. The Labute approximate surface area is 321 Å². The molecule has 0 bridgehead atoms. The number of allylic oxidation sites excluding steroid dienone is 6. The van der Waals surface area contributed by atoms with Gasteiger partial charge in [-0.05, 0) is 51.4 Å². The first-order chi connectivity index (χ1) is 25.0. The van der Waals surface area contributed by atoms with Gasteiger partial charge in [-0.15, -0.1) is 0 Å². The number of nitrogens with zero attached hydrogens (tertiary/aromatic N) is 1. The van der Waals surface area contributed by atoms with Gasteiger partial charge in [-0.2, -0.15) is 0 Å². The number of carbonyl (C=O) groups is 1. The number of likely N-dealkylation sites (N-methyl/N-ethyl adjacent to an activating group) is 1. The molecule has 3 atom stereocenters. The van der Waals surface area contributed by atoms with Crippen molar-refractivity contribution >= 4 is 13.7 Å². The van der Waals surface area contributed by atoms with Crippen LogP contribution >= 0.6 is 7.82 Å². The Balaban J connectivity index is 4.31. The lowest BCUT2D eigenvalue weighted by Crippen LogP contribution is -2.46. The highest BCUT2D eigenvalue weighted by Crippen LogP contribution is 2.38. The highest BCUT2D eigenvalue weighted by molar-refractivity contribution is 7.45. The van der Waals surface area contributed by atoms with Gasteiger partial charge in [0.15, 0.2) is 0 Å². The molecule has 0 aromatic rings. The van der Waals surface area contributed by atoms with Crippen molar-refractivity contribution in [2.75, 3.05) is 40.9 Å². The average Bonchev–Trinajstić information content (AvgIpc) is 3.09. The quantitative estimate of drug-likeness (QED) is 0.0281. The third kappa shape index (κ3) is 37.1. The number of rotatable bonds is 38. The predicted molar refractivity (Wildman–Crippen MR) is 219 cm³/mol. The predicted octanol–water partition coefficient (Wildman–Crippen LogP) is 10.9. The fraction of sp³-hybridized carbons (Fsp3) is 0.837. The SMILES string of the molecule is CCCCCCC/C=C\C/C=C\C/C=C\CCCCCCCCC(=O)NC(COP(=O)([O-])OCC[N+](C)(C)C)C(O)CCCCCCCCCCC. The maximum Gasteiger partial charge on any atom is 0.268 e. The van der Waals surface area contributed by atoms with Crippen LogP contribution in [-0.2, 0) is 18.4 Å². The van der Waals surface area contributed by atoms with Gasteiger partial charge in [-0.25, -0.2) is 0 Å². The van der Waals surface area contributed by atoms with Crippen molar-refractivity contribution in [3.8, 4) is 0 Å². The van der Waals surface area contributed by atoms with Crippen LogP contribution in [0.15, 0.2) is 36.5 Å². The second-order valence-corrected chi connectivity index (χ2v) is 17.1. The van der Waals surface area contributed by atoms with Gasteiger partial charge in [0.25, 0.3) is 7.82 Å². The molecule has 0 fully saturated rings. The molecule has 0 heterocycles. The summed E-state index contributed by atoms with van der Waals surface area (Å²) >= 11 is 0. The van der Waals surface area contributed by atoms with E-state index in [-0.39, 0.29) is 19.1 Å². The van der Waals surface area contributed by atoms with Crippen molar-refractivity contribution < 1.29 is 32.9 Å². The molecule has 0 aliphatic carbocycles. The van der Waals surface area contributed by atoms with E-state index in [9.17, 15) is 19.4 Å². The Hall–Kier alpha value is -1.28. The van der Waals surface area contributed by atoms with Gasteiger partial charge in [0, 0.05) is 6.42 Å². The highest BCUT2D eigenvalue weighted by Gasteiger charge is 2.24. The van der Waals surface area contributed by atoms with E-state index < -0.39 is 20.0 Å². The summed E-state index contributed by atoms with van der Waals surface area (Å²) in [4.78, 5) is 25.2. The minimum atomic E-state index is -4.56. The van der Waals surface area contributed by atoms with Crippen LogP contribution in [0.5, 0.6) is 0 Å². The van der Waals surface area contributed by atoms with Gasteiger partial charge in [-0.3, -0.25) is 9.36 Å². The van der Waals surface area contributed by atoms with Gasteiger partial charge in [0.2, 0.25) is 5.91 Å². The normalized spacial score (nSPS) is 14.8. The molecule has 9 heteroatoms. The summed E-state index contributed by atoms with van der Waals surface area (Å²) in [5.41, 5.74) is 0. The number of phosphoric ester groups is 1. The molecule has 2 N–H and O–H groups in total. The Morgan fingerprint density at radius 1 is 0.673 bits per heavy atom. The molecule has 3 unspecified atom stereocenters. The largest absolute Gasteiger partial charge is 0.756 e. The molecule has 0 spiro atoms. The van der Waals surface area contributed by atoms with Crippen LogP contribution in [-0.4, -0.2) is 68.5 Å². The lowest BCUT2D eigenvalue weighted by molar-refractivity contribution is -0.870. The summed E-state index contributed by atoms with van der Waals surface area (Å²) in [6.45, 7) is 4.66. The molecule has 0 aromatic carbocycles. The summed E-state index contributed by atoms with van der Waals surface area (Å²) in [5, 5.41) is 13.8. The first-order valence-corrected chi connectivity index (χ1v) is 22.8. The van der Waals surface area contributed by atoms with Gasteiger partial charge in [0.05, 0.1) is 39.9 Å². The van der Waals surface area contributed by atoms with Crippen molar-refractivity contribution in [3.63, 3.8) is 0 Å². The van der Waals surface area contributed by atoms with Crippen LogP contribution < -0.4 is 10.2 Å². The second-order valence-electron chi connectivity index (χ2n) is 15.7. The van der Waals surface area contributed by atoms with E-state index >= 15 is 0 Å². The summed E-state index contributed by atoms with van der Waals surface area (Å²) < 4.78 is 23.2. The zero-order valence-corrected chi connectivity index (χ0v) is 35.4. The molecule has 1 amide bonds. The van der Waals surface area contributed by atoms with Crippen molar-refractivity contribution in [2.45, 2.75) is 193 Å². The first-order valence-electron chi connectivity index (χ1n) is 21.3. The molecule has 0 radical (unpaired) electrons. The van der Waals surface area contributed by atoms with E-state index in [1.54, 1.807) is 0 Å². The Morgan fingerprint density at radius 2 is 1.12 bits per heavy atom. The Kier molecular flexibility index (Phi) is 34.6. The number of quaternary nitrogens is 1. The second kappa shape index (κ2) is 35.4. The molecule has 0 aliphatic rings. The molecule has 0 aliphatic heterocycles. The number of nitrogens with one attached hydrogen (secondary N) is 1. The maximum atomic E-state index is 12.8. The van der Waals surface area contributed by atoms with Crippen LogP contribution in [0.1, 0.15) is 181 Å². The number of hydrogen-bond donors (Lipinski definition) is 2. The van der Waals surface area contributed by atoms with E-state index in [2.05, 4.69) is 55.6 Å². The van der Waals surface area contributed by atoms with Crippen LogP contribution in [0.3, 0.4) is 0 Å². The van der Waals surface area contributed by atoms with Crippen molar-refractivity contribution in [2.24, 2.45) is 0 Å². The molecular weight excluding hydrogens is 671 g/mol. The van der Waals surface area contributed by atoms with Crippen molar-refractivity contribution in [3.05, 3.63) is 36.5 Å². The summed E-state index contributed by atoms with van der Waals surface area (Å²) in [7, 11) is 1.29. The molecular formula is C43H83N2O6P. The molecule has 52 heavy (non-hydrogen) atoms. The fourth-order valence-electron chi connectivity index (χ4n) is 5.93. The smallest absolute Gasteiger partial charge is 0.268 e. The zero-order chi connectivity index (χ0) is 38.6. The Morgan fingerprint density at radius 3 is 1.62 bits per heavy atom. The maximum absolute atomic E-state index is 12.8. The van der Waals surface area contributed by atoms with Gasteiger partial charge < -0.3 is 28.8 Å². The number of amides is 1. The molecule has 0 saturated heterocycles. The molecule has 8 nitrogen and oxygen atoms in total. The van der Waals surface area contributed by atoms with Crippen LogP contribution in [0.2, 0.25) is 0 Å². The monoisotopic (exact) mass is 755 g/mol. The molecule has 0 saturated carbocycles. The summed E-state index contributed by atoms with van der Waals surface area (Å²) in [6, 6.07) is -0.805. The lowest BCUT2D eigenvalue weighted by atomic mass is 10.0. The third-order valence-corrected chi connectivity index (χ3v) is 10.3. The summed E-state index contributed by atoms with van der Waals surface area (Å²) in [6.07, 6.45) is 41.5. The number of aliphatic hydroxyl groups is 1. The van der Waals surface area contributed by atoms with E-state index in [4.69, 9.17) is 9.05 Å². The molecule has 306 valence electrons. The lowest BCUT2D eigenvalue weighted by Gasteiger charge is -2.30. The number of aliphatic hydroxyl groups excluding tert-OH is 1. The number of carbonyl (C=O) groups excluding carboxylic acids is 1.